The number of rotatable bonds is 7. The average molecular weight is 652 g/mol. The van der Waals surface area contributed by atoms with Gasteiger partial charge in [0.05, 0.1) is 42.7 Å². The third-order valence-corrected chi connectivity index (χ3v) is 10.5. The number of nitrogens with zero attached hydrogens (tertiary/aromatic N) is 5. The molecular formula is C34H34ClN9OS. The highest BCUT2D eigenvalue weighted by Crippen LogP contribution is 2.56. The lowest BCUT2D eigenvalue weighted by Crippen LogP contribution is -2.55. The third kappa shape index (κ3) is 5.91. The van der Waals surface area contributed by atoms with Crippen molar-refractivity contribution in [1.82, 2.24) is 25.2 Å². The maximum absolute atomic E-state index is 9.72. The van der Waals surface area contributed by atoms with Crippen molar-refractivity contribution >= 4 is 35.0 Å². The van der Waals surface area contributed by atoms with Crippen molar-refractivity contribution in [3.05, 3.63) is 93.9 Å². The van der Waals surface area contributed by atoms with E-state index in [2.05, 4.69) is 40.5 Å². The first kappa shape index (κ1) is 31.5. The molecule has 6 rings (SSSR count). The van der Waals surface area contributed by atoms with Crippen molar-refractivity contribution in [1.29, 1.82) is 5.26 Å². The van der Waals surface area contributed by atoms with Crippen molar-refractivity contribution in [3.63, 3.8) is 0 Å². The SMILES string of the molecule is COc1ccc(CN(C#N)CC#Cc2ccc3c(c2)[C@](N)(c2cnc(Sc4ccnc(N)c4Cl)c(N)n2)C2(CCNCC2)C3)cc1. The predicted octanol–water partition coefficient (Wildman–Crippen LogP) is 4.31. The Bertz CT molecular complexity index is 1860. The molecule has 234 valence electrons. The number of nitrogen functional groups attached to an aromatic ring is 2. The van der Waals surface area contributed by atoms with Gasteiger partial charge in [-0.2, -0.15) is 5.26 Å². The molecule has 1 atom stereocenters. The first-order valence-corrected chi connectivity index (χ1v) is 16.1. The van der Waals surface area contributed by atoms with Crippen LogP contribution in [0.1, 0.15) is 40.8 Å². The predicted molar refractivity (Wildman–Crippen MR) is 180 cm³/mol. The summed E-state index contributed by atoms with van der Waals surface area (Å²) in [5.41, 5.74) is 23.4. The first-order chi connectivity index (χ1) is 22.3. The maximum Gasteiger partial charge on any atom is 0.180 e. The van der Waals surface area contributed by atoms with Crippen LogP contribution in [0.5, 0.6) is 5.75 Å². The number of nitrogens with one attached hydrogen (secondary N) is 1. The van der Waals surface area contributed by atoms with E-state index in [-0.39, 0.29) is 23.6 Å². The van der Waals surface area contributed by atoms with Crippen molar-refractivity contribution in [2.24, 2.45) is 11.1 Å². The van der Waals surface area contributed by atoms with E-state index in [0.29, 0.717) is 27.2 Å². The van der Waals surface area contributed by atoms with E-state index >= 15 is 0 Å². The Morgan fingerprint density at radius 1 is 1.09 bits per heavy atom. The number of fused-ring (bicyclic) bond motifs is 1. The molecule has 0 unspecified atom stereocenters. The number of nitriles is 1. The summed E-state index contributed by atoms with van der Waals surface area (Å²) in [5, 5.41) is 14.1. The van der Waals surface area contributed by atoms with Crippen molar-refractivity contribution in [3.8, 4) is 23.8 Å². The van der Waals surface area contributed by atoms with Crippen LogP contribution in [0.2, 0.25) is 5.02 Å². The highest BCUT2D eigenvalue weighted by molar-refractivity contribution is 7.99. The largest absolute Gasteiger partial charge is 0.497 e. The Balaban J connectivity index is 1.29. The molecular weight excluding hydrogens is 618 g/mol. The molecule has 0 radical (unpaired) electrons. The van der Waals surface area contributed by atoms with Crippen LogP contribution in [0, 0.1) is 28.7 Å². The molecule has 0 saturated carbocycles. The smallest absolute Gasteiger partial charge is 0.180 e. The Morgan fingerprint density at radius 3 is 2.59 bits per heavy atom. The highest BCUT2D eigenvalue weighted by atomic mass is 35.5. The molecule has 0 bridgehead atoms. The molecule has 1 fully saturated rings. The lowest BCUT2D eigenvalue weighted by atomic mass is 9.63. The summed E-state index contributed by atoms with van der Waals surface area (Å²) < 4.78 is 5.23. The molecule has 2 aromatic carbocycles. The molecule has 2 aromatic heterocycles. The van der Waals surface area contributed by atoms with Crippen LogP contribution in [-0.2, 0) is 18.5 Å². The quantitative estimate of drug-likeness (QED) is 0.128. The summed E-state index contributed by atoms with van der Waals surface area (Å²) in [6, 6.07) is 15.6. The van der Waals surface area contributed by atoms with Crippen LogP contribution in [0.3, 0.4) is 0 Å². The standard InChI is InChI=1S/C34H34ClN9OS/c1-45-25-8-5-23(6-9-25)20-44(21-36)16-2-3-22-4-7-24-18-33(11-14-40-15-12-33)34(39,26(24)17-22)28-19-42-32(31(38)43-28)46-27-10-13-41-30(37)29(27)35/h4-10,13,17,19,40H,11-12,14-16,18,20,39H2,1H3,(H2,37,41)(H2,38,43)/t34-/m0/s1. The fraction of sp³-hybridized carbons (Fsp3) is 0.294. The molecule has 10 nitrogen and oxygen atoms in total. The second kappa shape index (κ2) is 13.1. The number of benzene rings is 2. The van der Waals surface area contributed by atoms with E-state index in [4.69, 9.17) is 43.5 Å². The summed E-state index contributed by atoms with van der Waals surface area (Å²) in [4.78, 5) is 15.9. The van der Waals surface area contributed by atoms with Crippen molar-refractivity contribution < 1.29 is 4.74 Å². The minimum absolute atomic E-state index is 0.239. The zero-order valence-electron chi connectivity index (χ0n) is 25.4. The van der Waals surface area contributed by atoms with Crippen LogP contribution in [-0.4, -0.2) is 46.6 Å². The molecule has 46 heavy (non-hydrogen) atoms. The fourth-order valence-electron chi connectivity index (χ4n) is 6.45. The number of nitrogens with two attached hydrogens (primary N) is 3. The second-order valence-electron chi connectivity index (χ2n) is 11.5. The molecule has 7 N–H and O–H groups in total. The van der Waals surface area contributed by atoms with E-state index < -0.39 is 5.54 Å². The summed E-state index contributed by atoms with van der Waals surface area (Å²) >= 11 is 7.66. The number of aromatic nitrogens is 3. The molecule has 4 aromatic rings. The molecule has 1 aliphatic heterocycles. The minimum Gasteiger partial charge on any atom is -0.497 e. The lowest BCUT2D eigenvalue weighted by molar-refractivity contribution is 0.117. The lowest BCUT2D eigenvalue weighted by Gasteiger charge is -2.46. The van der Waals surface area contributed by atoms with Gasteiger partial charge in [-0.25, -0.2) is 15.0 Å². The van der Waals surface area contributed by atoms with Gasteiger partial charge in [0.2, 0.25) is 0 Å². The summed E-state index contributed by atoms with van der Waals surface area (Å²) in [6.45, 7) is 2.46. The number of methoxy groups -OCH3 is 1. The number of piperidine rings is 1. The topological polar surface area (TPSA) is 165 Å². The summed E-state index contributed by atoms with van der Waals surface area (Å²) in [5.74, 6) is 7.71. The number of hydrogen-bond donors (Lipinski definition) is 4. The highest BCUT2D eigenvalue weighted by Gasteiger charge is 2.57. The average Bonchev–Trinajstić information content (AvgIpc) is 3.31. The van der Waals surface area contributed by atoms with E-state index in [9.17, 15) is 5.26 Å². The van der Waals surface area contributed by atoms with Gasteiger partial charge in [0.15, 0.2) is 12.0 Å². The molecule has 1 aliphatic carbocycles. The third-order valence-electron chi connectivity index (χ3n) is 8.89. The number of pyridine rings is 1. The van der Waals surface area contributed by atoms with E-state index in [1.807, 2.05) is 30.3 Å². The van der Waals surface area contributed by atoms with Crippen LogP contribution in [0.25, 0.3) is 0 Å². The molecule has 1 saturated heterocycles. The van der Waals surface area contributed by atoms with Crippen molar-refractivity contribution in [2.75, 3.05) is 38.2 Å². The van der Waals surface area contributed by atoms with Gasteiger partial charge in [-0.1, -0.05) is 53.4 Å². The van der Waals surface area contributed by atoms with Crippen molar-refractivity contribution in [2.45, 2.75) is 41.3 Å². The Hall–Kier alpha value is -4.52. The summed E-state index contributed by atoms with van der Waals surface area (Å²) in [6.07, 6.45) is 8.15. The van der Waals surface area contributed by atoms with E-state index in [1.54, 1.807) is 30.5 Å². The van der Waals surface area contributed by atoms with E-state index in [1.165, 1.54) is 17.3 Å². The molecule has 1 spiro atoms. The molecule has 12 heteroatoms. The van der Waals surface area contributed by atoms with Crippen LogP contribution in [0.4, 0.5) is 11.6 Å². The number of ether oxygens (including phenoxy) is 1. The van der Waals surface area contributed by atoms with Gasteiger partial charge < -0.3 is 27.3 Å². The first-order valence-electron chi connectivity index (χ1n) is 14.9. The van der Waals surface area contributed by atoms with Gasteiger partial charge in [0.1, 0.15) is 16.6 Å². The normalized spacial score (nSPS) is 17.9. The Kier molecular flexibility index (Phi) is 8.94. The summed E-state index contributed by atoms with van der Waals surface area (Å²) in [7, 11) is 1.63. The molecule has 2 aliphatic rings. The van der Waals surface area contributed by atoms with E-state index in [0.717, 1.165) is 54.8 Å². The van der Waals surface area contributed by atoms with Gasteiger partial charge in [-0.05, 0) is 79.4 Å². The molecule has 3 heterocycles. The van der Waals surface area contributed by atoms with Gasteiger partial charge in [-0.3, -0.25) is 4.90 Å². The maximum atomic E-state index is 9.72. The van der Waals surface area contributed by atoms with Crippen LogP contribution >= 0.6 is 23.4 Å². The number of halogens is 1. The fourth-order valence-corrected chi connectivity index (χ4v) is 7.47. The zero-order chi connectivity index (χ0) is 32.3. The molecule has 0 amide bonds. The van der Waals surface area contributed by atoms with Crippen LogP contribution < -0.4 is 27.3 Å². The zero-order valence-corrected chi connectivity index (χ0v) is 27.0. The minimum atomic E-state index is -0.932. The van der Waals surface area contributed by atoms with Gasteiger partial charge in [-0.15, -0.1) is 0 Å². The Labute approximate surface area is 277 Å². The van der Waals surface area contributed by atoms with Gasteiger partial charge >= 0.3 is 0 Å². The monoisotopic (exact) mass is 651 g/mol. The van der Waals surface area contributed by atoms with Gasteiger partial charge in [0, 0.05) is 22.1 Å². The Morgan fingerprint density at radius 2 is 1.87 bits per heavy atom. The number of anilines is 2. The van der Waals surface area contributed by atoms with Gasteiger partial charge in [0.25, 0.3) is 0 Å². The van der Waals surface area contributed by atoms with Crippen LogP contribution in [0.15, 0.2) is 70.8 Å². The second-order valence-corrected chi connectivity index (χ2v) is 13.0. The number of hydrogen-bond acceptors (Lipinski definition) is 11.